The third kappa shape index (κ3) is 2.74. The van der Waals surface area contributed by atoms with Crippen molar-refractivity contribution in [2.45, 2.75) is 38.3 Å². The standard InChI is InChI=1S/C18H20N2O2/c1-2-15(21)17-14(12-13-8-4-3-5-9-13)18(22)20-11-7-6-10-16(20)19-17/h2-5,8-9,15,21H,1,6-7,10-12H2. The molecule has 0 spiro atoms. The van der Waals surface area contributed by atoms with Crippen molar-refractivity contribution in [1.29, 1.82) is 0 Å². The molecule has 1 aliphatic rings. The molecule has 3 rings (SSSR count). The van der Waals surface area contributed by atoms with Gasteiger partial charge >= 0.3 is 0 Å². The van der Waals surface area contributed by atoms with Crippen molar-refractivity contribution < 1.29 is 5.11 Å². The van der Waals surface area contributed by atoms with E-state index in [2.05, 4.69) is 11.6 Å². The van der Waals surface area contributed by atoms with Gasteiger partial charge in [-0.3, -0.25) is 9.36 Å². The highest BCUT2D eigenvalue weighted by Crippen LogP contribution is 2.20. The summed E-state index contributed by atoms with van der Waals surface area (Å²) in [7, 11) is 0. The maximum absolute atomic E-state index is 12.8. The molecule has 0 saturated heterocycles. The molecule has 1 aromatic heterocycles. The van der Waals surface area contributed by atoms with Crippen molar-refractivity contribution in [3.63, 3.8) is 0 Å². The van der Waals surface area contributed by atoms with Crippen LogP contribution in [0.15, 0.2) is 47.8 Å². The Hall–Kier alpha value is -2.20. The van der Waals surface area contributed by atoms with Gasteiger partial charge in [0.05, 0.1) is 5.69 Å². The molecule has 4 nitrogen and oxygen atoms in total. The Morgan fingerprint density at radius 1 is 1.32 bits per heavy atom. The molecule has 1 aliphatic heterocycles. The van der Waals surface area contributed by atoms with Crippen LogP contribution in [-0.4, -0.2) is 14.7 Å². The van der Waals surface area contributed by atoms with Gasteiger partial charge in [-0.2, -0.15) is 0 Å². The fraction of sp³-hybridized carbons (Fsp3) is 0.333. The van der Waals surface area contributed by atoms with Crippen LogP contribution in [0.5, 0.6) is 0 Å². The maximum Gasteiger partial charge on any atom is 0.257 e. The van der Waals surface area contributed by atoms with E-state index in [0.717, 1.165) is 30.7 Å². The van der Waals surface area contributed by atoms with Crippen molar-refractivity contribution in [3.05, 3.63) is 76.0 Å². The molecular weight excluding hydrogens is 276 g/mol. The fourth-order valence-electron chi connectivity index (χ4n) is 2.95. The van der Waals surface area contributed by atoms with Crippen molar-refractivity contribution in [1.82, 2.24) is 9.55 Å². The monoisotopic (exact) mass is 296 g/mol. The molecule has 22 heavy (non-hydrogen) atoms. The minimum absolute atomic E-state index is 0.0237. The SMILES string of the molecule is C=CC(O)c1nc2n(c(=O)c1Cc1ccccc1)CCCC2. The summed E-state index contributed by atoms with van der Waals surface area (Å²) in [5, 5.41) is 10.2. The predicted molar refractivity (Wildman–Crippen MR) is 85.8 cm³/mol. The van der Waals surface area contributed by atoms with Gasteiger partial charge in [0.2, 0.25) is 0 Å². The molecule has 2 aromatic rings. The molecule has 114 valence electrons. The Morgan fingerprint density at radius 2 is 2.09 bits per heavy atom. The Balaban J connectivity index is 2.13. The Labute approximate surface area is 129 Å². The van der Waals surface area contributed by atoms with E-state index in [1.165, 1.54) is 6.08 Å². The van der Waals surface area contributed by atoms with Crippen LogP contribution in [0.2, 0.25) is 0 Å². The van der Waals surface area contributed by atoms with Crippen LogP contribution in [-0.2, 0) is 19.4 Å². The van der Waals surface area contributed by atoms with Gasteiger partial charge in [-0.15, -0.1) is 6.58 Å². The second kappa shape index (κ2) is 6.28. The smallest absolute Gasteiger partial charge is 0.257 e. The number of hydrogen-bond donors (Lipinski definition) is 1. The molecule has 0 radical (unpaired) electrons. The quantitative estimate of drug-likeness (QED) is 0.881. The lowest BCUT2D eigenvalue weighted by atomic mass is 10.0. The third-order valence-electron chi connectivity index (χ3n) is 4.13. The van der Waals surface area contributed by atoms with Gasteiger partial charge in [0.25, 0.3) is 5.56 Å². The first kappa shape index (κ1) is 14.7. The summed E-state index contributed by atoms with van der Waals surface area (Å²) in [4.78, 5) is 17.4. The molecule has 1 atom stereocenters. The second-order valence-corrected chi connectivity index (χ2v) is 5.65. The van der Waals surface area contributed by atoms with Crippen LogP contribution >= 0.6 is 0 Å². The fourth-order valence-corrected chi connectivity index (χ4v) is 2.95. The second-order valence-electron chi connectivity index (χ2n) is 5.65. The predicted octanol–water partition coefficient (Wildman–Crippen LogP) is 2.39. The lowest BCUT2D eigenvalue weighted by Gasteiger charge is -2.21. The van der Waals surface area contributed by atoms with Gasteiger partial charge in [-0.1, -0.05) is 36.4 Å². The summed E-state index contributed by atoms with van der Waals surface area (Å²) in [5.41, 5.74) is 2.04. The molecule has 4 heteroatoms. The van der Waals surface area contributed by atoms with E-state index in [1.54, 1.807) is 4.57 Å². The zero-order chi connectivity index (χ0) is 15.5. The molecule has 0 amide bonds. The number of aliphatic hydroxyl groups is 1. The number of hydrogen-bond acceptors (Lipinski definition) is 3. The van der Waals surface area contributed by atoms with Crippen molar-refractivity contribution in [3.8, 4) is 0 Å². The van der Waals surface area contributed by atoms with Crippen LogP contribution in [0.25, 0.3) is 0 Å². The van der Waals surface area contributed by atoms with Crippen LogP contribution < -0.4 is 5.56 Å². The molecule has 1 N–H and O–H groups in total. The molecule has 2 heterocycles. The molecule has 0 fully saturated rings. The highest BCUT2D eigenvalue weighted by molar-refractivity contribution is 5.30. The molecule has 0 bridgehead atoms. The van der Waals surface area contributed by atoms with Gasteiger partial charge < -0.3 is 5.11 Å². The maximum atomic E-state index is 12.8. The minimum atomic E-state index is -0.903. The first-order chi connectivity index (χ1) is 10.7. The number of aryl methyl sites for hydroxylation is 1. The number of rotatable bonds is 4. The number of aromatic nitrogens is 2. The van der Waals surface area contributed by atoms with Crippen molar-refractivity contribution in [2.75, 3.05) is 0 Å². The minimum Gasteiger partial charge on any atom is -0.383 e. The molecule has 1 aromatic carbocycles. The van der Waals surface area contributed by atoms with E-state index in [-0.39, 0.29) is 5.56 Å². The van der Waals surface area contributed by atoms with E-state index in [4.69, 9.17) is 0 Å². The highest BCUT2D eigenvalue weighted by Gasteiger charge is 2.21. The van der Waals surface area contributed by atoms with E-state index < -0.39 is 6.10 Å². The van der Waals surface area contributed by atoms with E-state index in [0.29, 0.717) is 24.2 Å². The summed E-state index contributed by atoms with van der Waals surface area (Å²) in [5.74, 6) is 0.781. The summed E-state index contributed by atoms with van der Waals surface area (Å²) in [6, 6.07) is 9.80. The van der Waals surface area contributed by atoms with E-state index in [9.17, 15) is 9.90 Å². The average Bonchev–Trinajstić information content (AvgIpc) is 2.57. The first-order valence-corrected chi connectivity index (χ1v) is 7.67. The summed E-state index contributed by atoms with van der Waals surface area (Å²) in [6.45, 7) is 4.34. The van der Waals surface area contributed by atoms with E-state index >= 15 is 0 Å². The van der Waals surface area contributed by atoms with Crippen LogP contribution in [0.4, 0.5) is 0 Å². The van der Waals surface area contributed by atoms with Gasteiger partial charge in [0.1, 0.15) is 11.9 Å². The van der Waals surface area contributed by atoms with Crippen LogP contribution in [0, 0.1) is 0 Å². The lowest BCUT2D eigenvalue weighted by Crippen LogP contribution is -2.33. The van der Waals surface area contributed by atoms with Gasteiger partial charge in [0, 0.05) is 24.9 Å². The Morgan fingerprint density at radius 3 is 2.82 bits per heavy atom. The first-order valence-electron chi connectivity index (χ1n) is 7.67. The van der Waals surface area contributed by atoms with Crippen LogP contribution in [0.1, 0.15) is 41.6 Å². The van der Waals surface area contributed by atoms with Gasteiger partial charge in [-0.25, -0.2) is 4.98 Å². The largest absolute Gasteiger partial charge is 0.383 e. The Kier molecular flexibility index (Phi) is 4.20. The third-order valence-corrected chi connectivity index (χ3v) is 4.13. The topological polar surface area (TPSA) is 55.1 Å². The van der Waals surface area contributed by atoms with Gasteiger partial charge in [0.15, 0.2) is 0 Å². The van der Waals surface area contributed by atoms with Gasteiger partial charge in [-0.05, 0) is 18.4 Å². The number of fused-ring (bicyclic) bond motifs is 1. The lowest BCUT2D eigenvalue weighted by molar-refractivity contribution is 0.221. The zero-order valence-corrected chi connectivity index (χ0v) is 12.5. The summed E-state index contributed by atoms with van der Waals surface area (Å²) >= 11 is 0. The number of aliphatic hydroxyl groups excluding tert-OH is 1. The van der Waals surface area contributed by atoms with Crippen molar-refractivity contribution >= 4 is 0 Å². The molecular formula is C18H20N2O2. The average molecular weight is 296 g/mol. The van der Waals surface area contributed by atoms with E-state index in [1.807, 2.05) is 30.3 Å². The number of benzene rings is 1. The van der Waals surface area contributed by atoms with Crippen LogP contribution in [0.3, 0.4) is 0 Å². The zero-order valence-electron chi connectivity index (χ0n) is 12.5. The summed E-state index contributed by atoms with van der Waals surface area (Å²) < 4.78 is 1.76. The molecule has 0 aliphatic carbocycles. The summed E-state index contributed by atoms with van der Waals surface area (Å²) in [6.07, 6.45) is 3.83. The normalized spacial score (nSPS) is 15.1. The highest BCUT2D eigenvalue weighted by atomic mass is 16.3. The molecule has 1 unspecified atom stereocenters. The Bertz CT molecular complexity index is 735. The van der Waals surface area contributed by atoms with Crippen molar-refractivity contribution in [2.24, 2.45) is 0 Å². The molecule has 0 saturated carbocycles. The number of nitrogens with zero attached hydrogens (tertiary/aromatic N) is 2.